The van der Waals surface area contributed by atoms with Crippen molar-refractivity contribution in [1.82, 2.24) is 0 Å². The Kier molecular flexibility index (Phi) is 6.47. The Bertz CT molecular complexity index is 2820. The molecule has 0 nitrogen and oxygen atoms in total. The van der Waals surface area contributed by atoms with Crippen molar-refractivity contribution in [3.05, 3.63) is 182 Å². The standard InChI is InChI=1S/C48H30S/c1-2-13-31(14-3-1)32-17-10-19-36(27-32)46-39-21-6-8-23-41(39)47(42-24-9-7-22-40(42)46)37-20-11-18-35(28-37)38-25-12-26-44-48(38)43-29-33-15-4-5-16-34(33)30-45(43)49-44/h1-30H. The van der Waals surface area contributed by atoms with Crippen LogP contribution in [0.15, 0.2) is 182 Å². The van der Waals surface area contributed by atoms with Crippen molar-refractivity contribution in [3.63, 3.8) is 0 Å². The van der Waals surface area contributed by atoms with Crippen molar-refractivity contribution < 1.29 is 0 Å². The van der Waals surface area contributed by atoms with Crippen LogP contribution in [0.2, 0.25) is 0 Å². The van der Waals surface area contributed by atoms with Crippen molar-refractivity contribution in [1.29, 1.82) is 0 Å². The van der Waals surface area contributed by atoms with Gasteiger partial charge >= 0.3 is 0 Å². The average Bonchev–Trinajstić information content (AvgIpc) is 3.54. The van der Waals surface area contributed by atoms with Crippen molar-refractivity contribution in [2.75, 3.05) is 0 Å². The first-order chi connectivity index (χ1) is 24.3. The molecule has 228 valence electrons. The summed E-state index contributed by atoms with van der Waals surface area (Å²) in [5.74, 6) is 0. The van der Waals surface area contributed by atoms with Crippen LogP contribution in [0.5, 0.6) is 0 Å². The van der Waals surface area contributed by atoms with E-state index in [1.165, 1.54) is 97.0 Å². The van der Waals surface area contributed by atoms with E-state index in [1.54, 1.807) is 0 Å². The van der Waals surface area contributed by atoms with Crippen molar-refractivity contribution >= 4 is 63.8 Å². The first kappa shape index (κ1) is 28.0. The van der Waals surface area contributed by atoms with E-state index in [0.29, 0.717) is 0 Å². The fourth-order valence-electron chi connectivity index (χ4n) is 7.83. The molecule has 0 aliphatic rings. The van der Waals surface area contributed by atoms with Crippen molar-refractivity contribution in [2.45, 2.75) is 0 Å². The Morgan fingerprint density at radius 2 is 0.776 bits per heavy atom. The maximum Gasteiger partial charge on any atom is 0.0362 e. The molecule has 1 heteroatoms. The summed E-state index contributed by atoms with van der Waals surface area (Å²) in [7, 11) is 0. The van der Waals surface area contributed by atoms with Gasteiger partial charge in [0.25, 0.3) is 0 Å². The summed E-state index contributed by atoms with van der Waals surface area (Å²) in [6.07, 6.45) is 0. The molecule has 49 heavy (non-hydrogen) atoms. The van der Waals surface area contributed by atoms with E-state index in [1.807, 2.05) is 11.3 Å². The molecule has 0 amide bonds. The van der Waals surface area contributed by atoms with Crippen LogP contribution < -0.4 is 0 Å². The van der Waals surface area contributed by atoms with Gasteiger partial charge in [-0.2, -0.15) is 0 Å². The third kappa shape index (κ3) is 4.58. The minimum atomic E-state index is 1.23. The summed E-state index contributed by atoms with van der Waals surface area (Å²) in [5, 5.41) is 10.3. The zero-order valence-corrected chi connectivity index (χ0v) is 27.5. The topological polar surface area (TPSA) is 0 Å². The molecule has 0 spiro atoms. The van der Waals surface area contributed by atoms with E-state index in [9.17, 15) is 0 Å². The molecule has 1 heterocycles. The maximum atomic E-state index is 2.41. The zero-order chi connectivity index (χ0) is 32.3. The summed E-state index contributed by atoms with van der Waals surface area (Å²) < 4.78 is 2.66. The number of rotatable bonds is 4. The highest BCUT2D eigenvalue weighted by Gasteiger charge is 2.18. The largest absolute Gasteiger partial charge is 0.135 e. The van der Waals surface area contributed by atoms with Crippen LogP contribution in [-0.4, -0.2) is 0 Å². The average molecular weight is 639 g/mol. The monoisotopic (exact) mass is 638 g/mol. The number of hydrogen-bond donors (Lipinski definition) is 0. The van der Waals surface area contributed by atoms with Crippen LogP contribution in [0.1, 0.15) is 0 Å². The quantitative estimate of drug-likeness (QED) is 0.168. The Labute approximate surface area is 289 Å². The molecule has 0 aliphatic carbocycles. The first-order valence-electron chi connectivity index (χ1n) is 16.8. The third-order valence-electron chi connectivity index (χ3n) is 10.0. The lowest BCUT2D eigenvalue weighted by molar-refractivity contribution is 1.61. The minimum Gasteiger partial charge on any atom is -0.135 e. The Morgan fingerprint density at radius 1 is 0.286 bits per heavy atom. The maximum absolute atomic E-state index is 2.41. The lowest BCUT2D eigenvalue weighted by Gasteiger charge is -2.18. The number of thiophene rings is 1. The van der Waals surface area contributed by atoms with Gasteiger partial charge in [0.2, 0.25) is 0 Å². The highest BCUT2D eigenvalue weighted by atomic mass is 32.1. The molecule has 0 saturated carbocycles. The molecule has 0 radical (unpaired) electrons. The van der Waals surface area contributed by atoms with Crippen LogP contribution >= 0.6 is 11.3 Å². The summed E-state index contributed by atoms with van der Waals surface area (Å²) >= 11 is 1.89. The van der Waals surface area contributed by atoms with E-state index >= 15 is 0 Å². The van der Waals surface area contributed by atoms with Gasteiger partial charge in [0, 0.05) is 20.2 Å². The van der Waals surface area contributed by atoms with E-state index in [2.05, 4.69) is 182 Å². The molecule has 0 N–H and O–H groups in total. The Hall–Kier alpha value is -6.02. The van der Waals surface area contributed by atoms with Crippen LogP contribution in [0.25, 0.3) is 97.0 Å². The van der Waals surface area contributed by atoms with Crippen LogP contribution in [0, 0.1) is 0 Å². The minimum absolute atomic E-state index is 1.23. The lowest BCUT2D eigenvalue weighted by atomic mass is 9.85. The predicted molar refractivity (Wildman–Crippen MR) is 214 cm³/mol. The van der Waals surface area contributed by atoms with Crippen molar-refractivity contribution in [3.8, 4) is 44.5 Å². The van der Waals surface area contributed by atoms with Gasteiger partial charge in [0.1, 0.15) is 0 Å². The van der Waals surface area contributed by atoms with E-state index in [-0.39, 0.29) is 0 Å². The SMILES string of the molecule is c1ccc(-c2cccc(-c3c4ccccc4c(-c4cccc(-c5cccc6sc7cc8ccccc8cc7c56)c4)c4ccccc34)c2)cc1. The molecule has 0 fully saturated rings. The molecule has 0 unspecified atom stereocenters. The smallest absolute Gasteiger partial charge is 0.0362 e. The van der Waals surface area contributed by atoms with Gasteiger partial charge in [-0.25, -0.2) is 0 Å². The van der Waals surface area contributed by atoms with Crippen LogP contribution in [0.4, 0.5) is 0 Å². The fraction of sp³-hybridized carbons (Fsp3) is 0. The van der Waals surface area contributed by atoms with E-state index in [0.717, 1.165) is 0 Å². The second-order valence-corrected chi connectivity index (χ2v) is 13.9. The highest BCUT2D eigenvalue weighted by Crippen LogP contribution is 2.46. The molecular formula is C48H30S. The summed E-state index contributed by atoms with van der Waals surface area (Å²) in [5.41, 5.74) is 10.0. The molecular weight excluding hydrogens is 609 g/mol. The van der Waals surface area contributed by atoms with Gasteiger partial charge in [-0.3, -0.25) is 0 Å². The van der Waals surface area contributed by atoms with Crippen LogP contribution in [0.3, 0.4) is 0 Å². The Balaban J connectivity index is 1.20. The first-order valence-corrected chi connectivity index (χ1v) is 17.7. The van der Waals surface area contributed by atoms with Gasteiger partial charge in [0.15, 0.2) is 0 Å². The van der Waals surface area contributed by atoms with Gasteiger partial charge < -0.3 is 0 Å². The van der Waals surface area contributed by atoms with Crippen LogP contribution in [-0.2, 0) is 0 Å². The molecule has 1 aromatic heterocycles. The molecule has 0 bridgehead atoms. The molecule has 0 aliphatic heterocycles. The molecule has 10 aromatic rings. The number of benzene rings is 9. The normalized spacial score (nSPS) is 11.7. The Morgan fingerprint density at radius 3 is 1.43 bits per heavy atom. The van der Waals surface area contributed by atoms with Gasteiger partial charge in [-0.15, -0.1) is 11.3 Å². The summed E-state index contributed by atoms with van der Waals surface area (Å²) in [6, 6.07) is 67.0. The van der Waals surface area contributed by atoms with Gasteiger partial charge in [0.05, 0.1) is 0 Å². The lowest BCUT2D eigenvalue weighted by Crippen LogP contribution is -1.91. The molecule has 0 atom stereocenters. The molecule has 10 rings (SSSR count). The van der Waals surface area contributed by atoms with E-state index in [4.69, 9.17) is 0 Å². The zero-order valence-electron chi connectivity index (χ0n) is 26.7. The predicted octanol–water partition coefficient (Wildman–Crippen LogP) is 14.2. The summed E-state index contributed by atoms with van der Waals surface area (Å²) in [6.45, 7) is 0. The summed E-state index contributed by atoms with van der Waals surface area (Å²) in [4.78, 5) is 0. The van der Waals surface area contributed by atoms with E-state index < -0.39 is 0 Å². The number of hydrogen-bond acceptors (Lipinski definition) is 1. The van der Waals surface area contributed by atoms with Gasteiger partial charge in [-0.1, -0.05) is 152 Å². The molecule has 9 aromatic carbocycles. The second-order valence-electron chi connectivity index (χ2n) is 12.8. The second kappa shape index (κ2) is 11.3. The highest BCUT2D eigenvalue weighted by molar-refractivity contribution is 7.26. The molecule has 0 saturated heterocycles. The third-order valence-corrected chi connectivity index (χ3v) is 11.1. The van der Waals surface area contributed by atoms with Crippen molar-refractivity contribution in [2.24, 2.45) is 0 Å². The van der Waals surface area contributed by atoms with Gasteiger partial charge in [-0.05, 0) is 107 Å². The number of fused-ring (bicyclic) bond motifs is 6. The fourth-order valence-corrected chi connectivity index (χ4v) is 8.99.